The summed E-state index contributed by atoms with van der Waals surface area (Å²) < 4.78 is 27.8. The van der Waals surface area contributed by atoms with Crippen molar-refractivity contribution in [3.05, 3.63) is 40.4 Å². The van der Waals surface area contributed by atoms with Crippen LogP contribution in [-0.4, -0.2) is 19.9 Å². The van der Waals surface area contributed by atoms with Crippen LogP contribution in [0.15, 0.2) is 18.2 Å². The van der Waals surface area contributed by atoms with Crippen molar-refractivity contribution in [2.75, 3.05) is 0 Å². The zero-order valence-corrected chi connectivity index (χ0v) is 8.76. The molecule has 4 nitrogen and oxygen atoms in total. The van der Waals surface area contributed by atoms with Gasteiger partial charge < -0.3 is 5.11 Å². The molecule has 0 fully saturated rings. The minimum absolute atomic E-state index is 0.0807. The Kier molecular flexibility index (Phi) is 2.80. The van der Waals surface area contributed by atoms with E-state index in [1.54, 1.807) is 0 Å². The highest BCUT2D eigenvalue weighted by atomic mass is 32.1. The lowest BCUT2D eigenvalue weighted by Crippen LogP contribution is -2.04. The summed E-state index contributed by atoms with van der Waals surface area (Å²) in [5.74, 6) is -1.89. The fourth-order valence-corrected chi connectivity index (χ4v) is 1.60. The second-order valence-electron chi connectivity index (χ2n) is 3.01. The van der Waals surface area contributed by atoms with Crippen LogP contribution in [0.4, 0.5) is 8.78 Å². The molecule has 0 radical (unpaired) electrons. The summed E-state index contributed by atoms with van der Waals surface area (Å²) in [4.78, 5) is 0. The van der Waals surface area contributed by atoms with Gasteiger partial charge in [-0.1, -0.05) is 6.07 Å². The van der Waals surface area contributed by atoms with Crippen molar-refractivity contribution < 1.29 is 13.9 Å². The lowest BCUT2D eigenvalue weighted by molar-refractivity contribution is 0.268. The Hall–Kier alpha value is -1.60. The number of aromatic amines is 1. The predicted molar refractivity (Wildman–Crippen MR) is 54.6 cm³/mol. The zero-order chi connectivity index (χ0) is 11.7. The molecule has 0 aliphatic rings. The topological polar surface area (TPSA) is 53.8 Å². The van der Waals surface area contributed by atoms with Gasteiger partial charge in [0.15, 0.2) is 22.2 Å². The van der Waals surface area contributed by atoms with Crippen LogP contribution >= 0.6 is 12.2 Å². The van der Waals surface area contributed by atoms with Gasteiger partial charge >= 0.3 is 0 Å². The van der Waals surface area contributed by atoms with Crippen LogP contribution in [0.1, 0.15) is 5.82 Å². The third kappa shape index (κ3) is 1.63. The van der Waals surface area contributed by atoms with Gasteiger partial charge in [0.2, 0.25) is 0 Å². The fourth-order valence-electron chi connectivity index (χ4n) is 1.35. The molecule has 0 saturated heterocycles. The van der Waals surface area contributed by atoms with E-state index in [1.165, 1.54) is 12.1 Å². The molecule has 16 heavy (non-hydrogen) atoms. The summed E-state index contributed by atoms with van der Waals surface area (Å²) in [6, 6.07) is 3.70. The van der Waals surface area contributed by atoms with Crippen molar-refractivity contribution in [2.24, 2.45) is 0 Å². The van der Waals surface area contributed by atoms with Gasteiger partial charge in [0.1, 0.15) is 6.61 Å². The summed E-state index contributed by atoms with van der Waals surface area (Å²) in [5.41, 5.74) is -0.0807. The highest BCUT2D eigenvalue weighted by Gasteiger charge is 2.14. The smallest absolute Gasteiger partial charge is 0.200 e. The summed E-state index contributed by atoms with van der Waals surface area (Å²) in [7, 11) is 0. The highest BCUT2D eigenvalue weighted by Crippen LogP contribution is 2.17. The minimum Gasteiger partial charge on any atom is -0.388 e. The van der Waals surface area contributed by atoms with Crippen LogP contribution < -0.4 is 0 Å². The standard InChI is InChI=1S/C9H7F2N3OS/c10-5-2-1-3-6(8(5)11)14-7(4-15)12-13-9(14)16/h1-3,15H,4H2,(H,13,16). The molecule has 0 atom stereocenters. The fraction of sp³-hybridized carbons (Fsp3) is 0.111. The molecule has 1 heterocycles. The molecule has 0 aliphatic heterocycles. The molecule has 0 saturated carbocycles. The third-order valence-corrected chi connectivity index (χ3v) is 2.33. The number of hydrogen-bond donors (Lipinski definition) is 2. The first kappa shape index (κ1) is 10.9. The molecular formula is C9H7F2N3OS. The maximum Gasteiger partial charge on any atom is 0.200 e. The Morgan fingerprint density at radius 1 is 1.44 bits per heavy atom. The van der Waals surface area contributed by atoms with Crippen molar-refractivity contribution in [3.8, 4) is 5.69 Å². The zero-order valence-electron chi connectivity index (χ0n) is 7.94. The molecule has 2 rings (SSSR count). The van der Waals surface area contributed by atoms with Crippen molar-refractivity contribution in [2.45, 2.75) is 6.61 Å². The number of H-pyrrole nitrogens is 1. The van der Waals surface area contributed by atoms with Gasteiger partial charge in [-0.25, -0.2) is 8.78 Å². The van der Waals surface area contributed by atoms with Crippen LogP contribution in [-0.2, 0) is 6.61 Å². The van der Waals surface area contributed by atoms with Crippen LogP contribution in [0.3, 0.4) is 0 Å². The Balaban J connectivity index is 2.72. The molecule has 1 aromatic carbocycles. The molecule has 0 spiro atoms. The molecule has 2 aromatic rings. The number of benzene rings is 1. The average Bonchev–Trinajstić information content (AvgIpc) is 2.64. The van der Waals surface area contributed by atoms with E-state index in [0.717, 1.165) is 10.6 Å². The first-order valence-corrected chi connectivity index (χ1v) is 4.77. The van der Waals surface area contributed by atoms with E-state index in [1.807, 2.05) is 0 Å². The number of halogens is 2. The maximum absolute atomic E-state index is 13.5. The van der Waals surface area contributed by atoms with Gasteiger partial charge in [-0.2, -0.15) is 5.10 Å². The SMILES string of the molecule is OCc1n[nH]c(=S)n1-c1cccc(F)c1F. The van der Waals surface area contributed by atoms with Crippen LogP contribution in [0.25, 0.3) is 5.69 Å². The molecule has 0 amide bonds. The highest BCUT2D eigenvalue weighted by molar-refractivity contribution is 7.71. The van der Waals surface area contributed by atoms with Crippen molar-refractivity contribution in [1.29, 1.82) is 0 Å². The van der Waals surface area contributed by atoms with Gasteiger partial charge in [0, 0.05) is 0 Å². The molecule has 0 bridgehead atoms. The monoisotopic (exact) mass is 243 g/mol. The van der Waals surface area contributed by atoms with Gasteiger partial charge in [-0.05, 0) is 24.4 Å². The first-order valence-electron chi connectivity index (χ1n) is 4.36. The van der Waals surface area contributed by atoms with Gasteiger partial charge in [-0.15, -0.1) is 0 Å². The summed E-state index contributed by atoms with van der Waals surface area (Å²) in [5, 5.41) is 15.1. The summed E-state index contributed by atoms with van der Waals surface area (Å²) in [6.07, 6.45) is 0. The Morgan fingerprint density at radius 3 is 2.88 bits per heavy atom. The van der Waals surface area contributed by atoms with E-state index in [4.69, 9.17) is 17.3 Å². The predicted octanol–water partition coefficient (Wildman–Crippen LogP) is 1.70. The maximum atomic E-state index is 13.5. The Morgan fingerprint density at radius 2 is 2.19 bits per heavy atom. The lowest BCUT2D eigenvalue weighted by atomic mass is 10.3. The number of aromatic nitrogens is 3. The van der Waals surface area contributed by atoms with Crippen LogP contribution in [0, 0.1) is 16.4 Å². The van der Waals surface area contributed by atoms with Gasteiger partial charge in [0.25, 0.3) is 0 Å². The molecule has 1 aromatic heterocycles. The quantitative estimate of drug-likeness (QED) is 0.789. The summed E-state index contributed by atoms with van der Waals surface area (Å²) in [6.45, 7) is -0.427. The van der Waals surface area contributed by atoms with E-state index in [2.05, 4.69) is 10.2 Å². The molecule has 7 heteroatoms. The Labute approximate surface area is 94.2 Å². The van der Waals surface area contributed by atoms with Gasteiger partial charge in [-0.3, -0.25) is 9.67 Å². The Bertz CT molecular complexity index is 578. The van der Waals surface area contributed by atoms with Crippen molar-refractivity contribution in [3.63, 3.8) is 0 Å². The molecular weight excluding hydrogens is 236 g/mol. The van der Waals surface area contributed by atoms with E-state index >= 15 is 0 Å². The van der Waals surface area contributed by atoms with Crippen molar-refractivity contribution in [1.82, 2.24) is 14.8 Å². The second-order valence-corrected chi connectivity index (χ2v) is 3.40. The number of nitrogens with zero attached hydrogens (tertiary/aromatic N) is 2. The number of aliphatic hydroxyl groups is 1. The number of aliphatic hydroxyl groups excluding tert-OH is 1. The van der Waals surface area contributed by atoms with E-state index in [-0.39, 0.29) is 16.3 Å². The molecule has 2 N–H and O–H groups in total. The lowest BCUT2D eigenvalue weighted by Gasteiger charge is -2.06. The number of rotatable bonds is 2. The number of hydrogen-bond acceptors (Lipinski definition) is 3. The third-order valence-electron chi connectivity index (χ3n) is 2.06. The van der Waals surface area contributed by atoms with E-state index < -0.39 is 18.2 Å². The van der Waals surface area contributed by atoms with E-state index in [0.29, 0.717) is 0 Å². The molecule has 0 unspecified atom stereocenters. The van der Waals surface area contributed by atoms with Crippen LogP contribution in [0.5, 0.6) is 0 Å². The summed E-state index contributed by atoms with van der Waals surface area (Å²) >= 11 is 4.87. The second kappa shape index (κ2) is 4.11. The van der Waals surface area contributed by atoms with Gasteiger partial charge in [0.05, 0.1) is 5.69 Å². The van der Waals surface area contributed by atoms with E-state index in [9.17, 15) is 8.78 Å². The molecule has 84 valence electrons. The molecule has 0 aliphatic carbocycles. The largest absolute Gasteiger partial charge is 0.388 e. The average molecular weight is 243 g/mol. The first-order chi connectivity index (χ1) is 7.65. The normalized spacial score (nSPS) is 10.7. The number of nitrogens with one attached hydrogen (secondary N) is 1. The van der Waals surface area contributed by atoms with Crippen LogP contribution in [0.2, 0.25) is 0 Å². The van der Waals surface area contributed by atoms with Crippen molar-refractivity contribution >= 4 is 12.2 Å². The minimum atomic E-state index is -1.03.